The minimum absolute atomic E-state index is 0.00743. The van der Waals surface area contributed by atoms with E-state index in [-0.39, 0.29) is 17.3 Å². The maximum absolute atomic E-state index is 12.5. The molecular formula is C20H20BrN5O3S. The van der Waals surface area contributed by atoms with Crippen molar-refractivity contribution in [2.45, 2.75) is 32.5 Å². The van der Waals surface area contributed by atoms with Crippen LogP contribution < -0.4 is 5.32 Å². The number of nitrogens with one attached hydrogen (secondary N) is 1. The molecule has 0 radical (unpaired) electrons. The molecule has 1 amide bonds. The van der Waals surface area contributed by atoms with Crippen molar-refractivity contribution in [2.75, 3.05) is 11.1 Å². The molecule has 3 rings (SSSR count). The predicted molar refractivity (Wildman–Crippen MR) is 121 cm³/mol. The van der Waals surface area contributed by atoms with Gasteiger partial charge in [0.2, 0.25) is 5.91 Å². The van der Waals surface area contributed by atoms with Gasteiger partial charge in [-0.2, -0.15) is 0 Å². The monoisotopic (exact) mass is 489 g/mol. The second-order valence-electron chi connectivity index (χ2n) is 6.61. The van der Waals surface area contributed by atoms with E-state index in [1.54, 1.807) is 12.1 Å². The molecule has 3 aromatic rings. The number of carbonyl (C=O) groups is 1. The number of anilines is 1. The Morgan fingerprint density at radius 1 is 1.23 bits per heavy atom. The molecule has 0 saturated heterocycles. The molecule has 0 aliphatic heterocycles. The highest BCUT2D eigenvalue weighted by atomic mass is 79.9. The molecule has 0 fully saturated rings. The second kappa shape index (κ2) is 9.40. The summed E-state index contributed by atoms with van der Waals surface area (Å²) in [7, 11) is 0. The summed E-state index contributed by atoms with van der Waals surface area (Å²) < 4.78 is 2.81. The molecule has 8 nitrogen and oxygen atoms in total. The largest absolute Gasteiger partial charge is 0.325 e. The molecular weight excluding hydrogens is 470 g/mol. The van der Waals surface area contributed by atoms with Gasteiger partial charge in [-0.1, -0.05) is 39.8 Å². The van der Waals surface area contributed by atoms with E-state index in [1.807, 2.05) is 37.5 Å². The van der Waals surface area contributed by atoms with Gasteiger partial charge in [0, 0.05) is 34.4 Å². The number of aryl methyl sites for hydroxylation is 2. The highest BCUT2D eigenvalue weighted by Gasteiger charge is 2.17. The zero-order chi connectivity index (χ0) is 21.8. The van der Waals surface area contributed by atoms with Crippen LogP contribution in [0.4, 0.5) is 11.4 Å². The topological polar surface area (TPSA) is 103 Å². The van der Waals surface area contributed by atoms with Crippen LogP contribution in [-0.4, -0.2) is 31.3 Å². The average molecular weight is 490 g/mol. The molecule has 0 saturated carbocycles. The number of non-ortho nitro benzene ring substituents is 1. The molecule has 10 heteroatoms. The number of aromatic nitrogens is 3. The summed E-state index contributed by atoms with van der Waals surface area (Å²) in [5, 5.41) is 23.0. The van der Waals surface area contributed by atoms with Crippen molar-refractivity contribution < 1.29 is 9.72 Å². The van der Waals surface area contributed by atoms with Gasteiger partial charge < -0.3 is 9.88 Å². The SMILES string of the molecule is CCn1c(SCC(=O)Nc2c(C)cc(Br)cc2C)nnc1-c1cccc([N+](=O)[O-])c1. The van der Waals surface area contributed by atoms with Crippen LogP contribution in [0.5, 0.6) is 0 Å². The van der Waals surface area contributed by atoms with E-state index >= 15 is 0 Å². The number of rotatable bonds is 7. The summed E-state index contributed by atoms with van der Waals surface area (Å²) in [6.07, 6.45) is 0. The second-order valence-corrected chi connectivity index (χ2v) is 8.47. The fourth-order valence-electron chi connectivity index (χ4n) is 3.07. The Bertz CT molecular complexity index is 1090. The van der Waals surface area contributed by atoms with Crippen LogP contribution in [0.2, 0.25) is 0 Å². The van der Waals surface area contributed by atoms with E-state index in [9.17, 15) is 14.9 Å². The number of amides is 1. The van der Waals surface area contributed by atoms with E-state index in [0.29, 0.717) is 23.1 Å². The van der Waals surface area contributed by atoms with Crippen molar-refractivity contribution in [3.05, 3.63) is 62.1 Å². The van der Waals surface area contributed by atoms with Crippen molar-refractivity contribution in [1.29, 1.82) is 0 Å². The molecule has 0 unspecified atom stereocenters. The Hall–Kier alpha value is -2.72. The van der Waals surface area contributed by atoms with Crippen LogP contribution in [0.1, 0.15) is 18.1 Å². The lowest BCUT2D eigenvalue weighted by atomic mass is 10.1. The van der Waals surface area contributed by atoms with Gasteiger partial charge in [0.25, 0.3) is 5.69 Å². The molecule has 0 atom stereocenters. The fourth-order valence-corrected chi connectivity index (χ4v) is 4.56. The minimum Gasteiger partial charge on any atom is -0.325 e. The maximum atomic E-state index is 12.5. The first-order valence-corrected chi connectivity index (χ1v) is 11.0. The first-order valence-electron chi connectivity index (χ1n) is 9.17. The van der Waals surface area contributed by atoms with Crippen LogP contribution in [0.15, 0.2) is 46.0 Å². The Kier molecular flexibility index (Phi) is 6.88. The quantitative estimate of drug-likeness (QED) is 0.285. The van der Waals surface area contributed by atoms with Gasteiger partial charge in [-0.05, 0) is 44.0 Å². The van der Waals surface area contributed by atoms with Crippen LogP contribution in [-0.2, 0) is 11.3 Å². The van der Waals surface area contributed by atoms with Crippen molar-refractivity contribution in [3.8, 4) is 11.4 Å². The third kappa shape index (κ3) is 4.88. The number of hydrogen-bond donors (Lipinski definition) is 1. The van der Waals surface area contributed by atoms with E-state index in [0.717, 1.165) is 21.3 Å². The number of carbonyl (C=O) groups excluding carboxylic acids is 1. The Morgan fingerprint density at radius 3 is 2.57 bits per heavy atom. The standard InChI is InChI=1S/C20H20BrN5O3S/c1-4-25-19(14-6-5-7-16(10-14)26(28)29)23-24-20(25)30-11-17(27)22-18-12(2)8-15(21)9-13(18)3/h5-10H,4,11H2,1-3H3,(H,22,27). The van der Waals surface area contributed by atoms with E-state index in [1.165, 1.54) is 23.9 Å². The van der Waals surface area contributed by atoms with Gasteiger partial charge >= 0.3 is 0 Å². The molecule has 156 valence electrons. The zero-order valence-electron chi connectivity index (χ0n) is 16.7. The number of nitro groups is 1. The van der Waals surface area contributed by atoms with Crippen molar-refractivity contribution >= 4 is 45.0 Å². The summed E-state index contributed by atoms with van der Waals surface area (Å²) in [6.45, 7) is 6.39. The lowest BCUT2D eigenvalue weighted by molar-refractivity contribution is -0.384. The average Bonchev–Trinajstić information content (AvgIpc) is 3.12. The van der Waals surface area contributed by atoms with Crippen LogP contribution in [0.25, 0.3) is 11.4 Å². The Balaban J connectivity index is 1.75. The smallest absolute Gasteiger partial charge is 0.270 e. The predicted octanol–water partition coefficient (Wildman–Crippen LogP) is 4.98. The maximum Gasteiger partial charge on any atom is 0.270 e. The third-order valence-electron chi connectivity index (χ3n) is 4.44. The lowest BCUT2D eigenvalue weighted by Gasteiger charge is -2.12. The van der Waals surface area contributed by atoms with Crippen LogP contribution in [0, 0.1) is 24.0 Å². The van der Waals surface area contributed by atoms with E-state index in [4.69, 9.17) is 0 Å². The van der Waals surface area contributed by atoms with Gasteiger partial charge in [-0.15, -0.1) is 10.2 Å². The first-order chi connectivity index (χ1) is 14.3. The Morgan fingerprint density at radius 2 is 1.93 bits per heavy atom. The minimum atomic E-state index is -0.442. The fraction of sp³-hybridized carbons (Fsp3) is 0.250. The summed E-state index contributed by atoms with van der Waals surface area (Å²) in [5.41, 5.74) is 3.36. The Labute approximate surface area is 186 Å². The molecule has 2 aromatic carbocycles. The van der Waals surface area contributed by atoms with Crippen molar-refractivity contribution in [3.63, 3.8) is 0 Å². The van der Waals surface area contributed by atoms with Crippen LogP contribution in [0.3, 0.4) is 0 Å². The zero-order valence-corrected chi connectivity index (χ0v) is 19.1. The van der Waals surface area contributed by atoms with E-state index in [2.05, 4.69) is 31.4 Å². The third-order valence-corrected chi connectivity index (χ3v) is 5.87. The number of nitro benzene ring substituents is 1. The number of nitrogens with zero attached hydrogens (tertiary/aromatic N) is 4. The van der Waals surface area contributed by atoms with Gasteiger partial charge in [-0.25, -0.2) is 0 Å². The normalized spacial score (nSPS) is 10.8. The first kappa shape index (κ1) is 22.0. The summed E-state index contributed by atoms with van der Waals surface area (Å²) in [4.78, 5) is 23.1. The highest BCUT2D eigenvalue weighted by Crippen LogP contribution is 2.28. The molecule has 0 bridgehead atoms. The summed E-state index contributed by atoms with van der Waals surface area (Å²) >= 11 is 4.73. The number of benzene rings is 2. The molecule has 1 aromatic heterocycles. The molecule has 30 heavy (non-hydrogen) atoms. The molecule has 0 spiro atoms. The molecule has 0 aliphatic rings. The van der Waals surface area contributed by atoms with Gasteiger partial charge in [-0.3, -0.25) is 14.9 Å². The van der Waals surface area contributed by atoms with Gasteiger partial charge in [0.05, 0.1) is 10.7 Å². The summed E-state index contributed by atoms with van der Waals surface area (Å²) in [5.74, 6) is 0.557. The van der Waals surface area contributed by atoms with Crippen molar-refractivity contribution in [2.24, 2.45) is 0 Å². The number of hydrogen-bond acceptors (Lipinski definition) is 6. The summed E-state index contributed by atoms with van der Waals surface area (Å²) in [6, 6.07) is 10.2. The molecule has 1 N–H and O–H groups in total. The van der Waals surface area contributed by atoms with Gasteiger partial charge in [0.15, 0.2) is 11.0 Å². The van der Waals surface area contributed by atoms with E-state index < -0.39 is 4.92 Å². The number of thioether (sulfide) groups is 1. The number of halogens is 1. The lowest BCUT2D eigenvalue weighted by Crippen LogP contribution is -2.16. The van der Waals surface area contributed by atoms with Crippen LogP contribution >= 0.6 is 27.7 Å². The van der Waals surface area contributed by atoms with Gasteiger partial charge in [0.1, 0.15) is 0 Å². The molecule has 1 heterocycles. The van der Waals surface area contributed by atoms with Crippen molar-refractivity contribution in [1.82, 2.24) is 14.8 Å². The molecule has 0 aliphatic carbocycles. The highest BCUT2D eigenvalue weighted by molar-refractivity contribution is 9.10.